The molecule has 0 amide bonds. The molecule has 0 bridgehead atoms. The van der Waals surface area contributed by atoms with E-state index in [-0.39, 0.29) is 11.6 Å². The van der Waals surface area contributed by atoms with Crippen LogP contribution in [0.3, 0.4) is 0 Å². The van der Waals surface area contributed by atoms with Gasteiger partial charge in [0.2, 0.25) is 5.95 Å². The molecule has 0 spiro atoms. The lowest BCUT2D eigenvalue weighted by molar-refractivity contribution is 0.446. The first kappa shape index (κ1) is 16.5. The van der Waals surface area contributed by atoms with Crippen LogP contribution in [0.15, 0.2) is 18.3 Å². The van der Waals surface area contributed by atoms with Gasteiger partial charge in [0.1, 0.15) is 0 Å². The maximum absolute atomic E-state index is 13.8. The van der Waals surface area contributed by atoms with Crippen molar-refractivity contribution in [3.8, 4) is 0 Å². The van der Waals surface area contributed by atoms with Crippen molar-refractivity contribution in [1.29, 1.82) is 0 Å². The Morgan fingerprint density at radius 1 is 1.21 bits per heavy atom. The third-order valence-electron chi connectivity index (χ3n) is 4.22. The van der Waals surface area contributed by atoms with Gasteiger partial charge >= 0.3 is 0 Å². The van der Waals surface area contributed by atoms with E-state index in [1.54, 1.807) is 6.20 Å². The van der Waals surface area contributed by atoms with Crippen LogP contribution in [0, 0.1) is 17.5 Å². The van der Waals surface area contributed by atoms with E-state index in [2.05, 4.69) is 32.3 Å². The van der Waals surface area contributed by atoms with E-state index in [0.717, 1.165) is 37.9 Å². The average molecular weight is 337 g/mol. The molecule has 1 aromatic carbocycles. The summed E-state index contributed by atoms with van der Waals surface area (Å²) >= 11 is 0. The highest BCUT2D eigenvalue weighted by Crippen LogP contribution is 2.26. The molecular formula is C16H18F3N5. The molecule has 2 heterocycles. The van der Waals surface area contributed by atoms with Crippen LogP contribution in [0.5, 0.6) is 0 Å². The van der Waals surface area contributed by atoms with Crippen LogP contribution in [0.2, 0.25) is 0 Å². The van der Waals surface area contributed by atoms with Gasteiger partial charge in [-0.1, -0.05) is 6.92 Å². The minimum atomic E-state index is -1.54. The molecule has 1 aliphatic rings. The number of hydrogen-bond donors (Lipinski definition) is 1. The second kappa shape index (κ2) is 7.02. The molecule has 0 aliphatic carbocycles. The van der Waals surface area contributed by atoms with Gasteiger partial charge in [-0.05, 0) is 37.8 Å². The van der Waals surface area contributed by atoms with Crippen LogP contribution in [0.1, 0.15) is 32.6 Å². The van der Waals surface area contributed by atoms with E-state index in [4.69, 9.17) is 0 Å². The van der Waals surface area contributed by atoms with Gasteiger partial charge < -0.3 is 10.2 Å². The molecule has 1 saturated heterocycles. The summed E-state index contributed by atoms with van der Waals surface area (Å²) in [6.45, 7) is 2.99. The topological polar surface area (TPSA) is 53.9 Å². The molecular weight excluding hydrogens is 319 g/mol. The maximum Gasteiger partial charge on any atom is 0.249 e. The molecule has 24 heavy (non-hydrogen) atoms. The Bertz CT molecular complexity index is 725. The van der Waals surface area contributed by atoms with E-state index in [0.29, 0.717) is 11.9 Å². The van der Waals surface area contributed by atoms with Crippen molar-refractivity contribution in [2.75, 3.05) is 16.8 Å². The Morgan fingerprint density at radius 2 is 2.04 bits per heavy atom. The van der Waals surface area contributed by atoms with Crippen molar-refractivity contribution in [1.82, 2.24) is 15.2 Å². The van der Waals surface area contributed by atoms with E-state index in [1.807, 2.05) is 0 Å². The fraction of sp³-hybridized carbons (Fsp3) is 0.438. The normalized spacial score (nSPS) is 17.8. The number of halogens is 3. The zero-order valence-corrected chi connectivity index (χ0v) is 13.3. The Kier molecular flexibility index (Phi) is 4.82. The highest BCUT2D eigenvalue weighted by Gasteiger charge is 2.23. The molecule has 1 fully saturated rings. The first-order chi connectivity index (χ1) is 11.6. The summed E-state index contributed by atoms with van der Waals surface area (Å²) in [5, 5.41) is 10.2. The smallest absolute Gasteiger partial charge is 0.249 e. The molecule has 3 rings (SSSR count). The van der Waals surface area contributed by atoms with Crippen LogP contribution < -0.4 is 10.2 Å². The van der Waals surface area contributed by atoms with E-state index < -0.39 is 17.5 Å². The van der Waals surface area contributed by atoms with Crippen molar-refractivity contribution < 1.29 is 13.2 Å². The van der Waals surface area contributed by atoms with Gasteiger partial charge in [0.05, 0.1) is 11.9 Å². The predicted molar refractivity (Wildman–Crippen MR) is 84.7 cm³/mol. The molecule has 2 aromatic rings. The minimum absolute atomic E-state index is 0.0397. The van der Waals surface area contributed by atoms with Crippen LogP contribution in [0.25, 0.3) is 0 Å². The number of hydrogen-bond acceptors (Lipinski definition) is 5. The third-order valence-corrected chi connectivity index (χ3v) is 4.22. The zero-order valence-electron chi connectivity index (χ0n) is 13.3. The first-order valence-corrected chi connectivity index (χ1v) is 7.97. The van der Waals surface area contributed by atoms with Gasteiger partial charge in [0, 0.05) is 12.6 Å². The third kappa shape index (κ3) is 3.27. The summed E-state index contributed by atoms with van der Waals surface area (Å²) in [5.41, 5.74) is -0.237. The zero-order chi connectivity index (χ0) is 17.1. The maximum atomic E-state index is 13.8. The van der Waals surface area contributed by atoms with Crippen molar-refractivity contribution in [3.05, 3.63) is 35.8 Å². The monoisotopic (exact) mass is 337 g/mol. The summed E-state index contributed by atoms with van der Waals surface area (Å²) < 4.78 is 40.1. The predicted octanol–water partition coefficient (Wildman–Crippen LogP) is 3.80. The standard InChI is InChI=1S/C16H18F3N5/c1-2-10-5-3-4-8-24(10)13-9-20-23-16(22-13)21-12-7-6-11(17)14(18)15(12)19/h6-7,9-10H,2-5,8H2,1H3,(H,21,22,23). The number of aromatic nitrogens is 3. The Balaban J connectivity index is 1.84. The quantitative estimate of drug-likeness (QED) is 0.860. The number of piperidine rings is 1. The van der Waals surface area contributed by atoms with Crippen LogP contribution in [-0.4, -0.2) is 27.8 Å². The van der Waals surface area contributed by atoms with Crippen molar-refractivity contribution >= 4 is 17.5 Å². The van der Waals surface area contributed by atoms with Gasteiger partial charge in [-0.15, -0.1) is 5.10 Å². The fourth-order valence-corrected chi connectivity index (χ4v) is 2.96. The number of anilines is 3. The number of rotatable bonds is 4. The first-order valence-electron chi connectivity index (χ1n) is 7.97. The SMILES string of the molecule is CCC1CCCCN1c1cnnc(Nc2ccc(F)c(F)c2F)n1. The molecule has 128 valence electrons. The molecule has 1 atom stereocenters. The van der Waals surface area contributed by atoms with Gasteiger partial charge in [-0.25, -0.2) is 13.2 Å². The summed E-state index contributed by atoms with van der Waals surface area (Å²) in [7, 11) is 0. The van der Waals surface area contributed by atoms with Gasteiger partial charge in [-0.3, -0.25) is 0 Å². The second-order valence-corrected chi connectivity index (χ2v) is 5.74. The van der Waals surface area contributed by atoms with Crippen LogP contribution in [-0.2, 0) is 0 Å². The van der Waals surface area contributed by atoms with E-state index >= 15 is 0 Å². The Labute approximate surface area is 137 Å². The molecule has 5 nitrogen and oxygen atoms in total. The molecule has 1 N–H and O–H groups in total. The molecule has 8 heteroatoms. The van der Waals surface area contributed by atoms with Crippen LogP contribution >= 0.6 is 0 Å². The molecule has 0 saturated carbocycles. The van der Waals surface area contributed by atoms with E-state index in [1.165, 1.54) is 6.42 Å². The van der Waals surface area contributed by atoms with Gasteiger partial charge in [0.15, 0.2) is 23.3 Å². The number of benzene rings is 1. The summed E-state index contributed by atoms with van der Waals surface area (Å²) in [4.78, 5) is 6.50. The fourth-order valence-electron chi connectivity index (χ4n) is 2.96. The Hall–Kier alpha value is -2.38. The lowest BCUT2D eigenvalue weighted by Gasteiger charge is -2.35. The number of nitrogens with one attached hydrogen (secondary N) is 1. The number of nitrogens with zero attached hydrogens (tertiary/aromatic N) is 4. The molecule has 0 radical (unpaired) electrons. The van der Waals surface area contributed by atoms with Gasteiger partial charge in [-0.2, -0.15) is 10.1 Å². The van der Waals surface area contributed by atoms with Crippen molar-refractivity contribution in [2.24, 2.45) is 0 Å². The minimum Gasteiger partial charge on any atom is -0.352 e. The lowest BCUT2D eigenvalue weighted by Crippen LogP contribution is -2.39. The average Bonchev–Trinajstić information content (AvgIpc) is 2.62. The summed E-state index contributed by atoms with van der Waals surface area (Å²) in [6.07, 6.45) is 5.88. The highest BCUT2D eigenvalue weighted by atomic mass is 19.2. The van der Waals surface area contributed by atoms with Crippen LogP contribution in [0.4, 0.5) is 30.6 Å². The van der Waals surface area contributed by atoms with E-state index in [9.17, 15) is 13.2 Å². The Morgan fingerprint density at radius 3 is 2.83 bits per heavy atom. The second-order valence-electron chi connectivity index (χ2n) is 5.74. The lowest BCUT2D eigenvalue weighted by atomic mass is 10.0. The van der Waals surface area contributed by atoms with Crippen molar-refractivity contribution in [3.63, 3.8) is 0 Å². The molecule has 1 aliphatic heterocycles. The molecule has 1 aromatic heterocycles. The van der Waals surface area contributed by atoms with Crippen molar-refractivity contribution in [2.45, 2.75) is 38.6 Å². The largest absolute Gasteiger partial charge is 0.352 e. The van der Waals surface area contributed by atoms with Gasteiger partial charge in [0.25, 0.3) is 0 Å². The summed E-state index contributed by atoms with van der Waals surface area (Å²) in [6, 6.07) is 2.32. The molecule has 1 unspecified atom stereocenters. The summed E-state index contributed by atoms with van der Waals surface area (Å²) in [5.74, 6) is -3.41. The highest BCUT2D eigenvalue weighted by molar-refractivity contribution is 5.55.